The molecule has 2 nitrogen and oxygen atoms in total. The Morgan fingerprint density at radius 1 is 0.739 bits per heavy atom. The highest BCUT2D eigenvalue weighted by Crippen LogP contribution is 2.12. The zero-order valence-corrected chi connectivity index (χ0v) is 13.2. The van der Waals surface area contributed by atoms with Gasteiger partial charge in [0.05, 0.1) is 6.21 Å². The normalized spacial score (nSPS) is 10.7. The van der Waals surface area contributed by atoms with Gasteiger partial charge in [-0.2, -0.15) is 5.10 Å². The summed E-state index contributed by atoms with van der Waals surface area (Å²) < 4.78 is 0. The van der Waals surface area contributed by atoms with E-state index in [2.05, 4.69) is 10.2 Å². The van der Waals surface area contributed by atoms with E-state index in [0.717, 1.165) is 22.4 Å². The molecule has 0 bridgehead atoms. The van der Waals surface area contributed by atoms with Gasteiger partial charge in [-0.25, -0.2) is 0 Å². The number of nitrogens with zero attached hydrogens (tertiary/aromatic N) is 2. The van der Waals surface area contributed by atoms with E-state index in [9.17, 15) is 0 Å². The summed E-state index contributed by atoms with van der Waals surface area (Å²) in [5.41, 5.74) is 3.81. The Morgan fingerprint density at radius 2 is 1.35 bits per heavy atom. The third kappa shape index (κ3) is 4.15. The molecule has 0 amide bonds. The monoisotopic (exact) mass is 318 g/mol. The Morgan fingerprint density at radius 3 is 1.91 bits per heavy atom. The molecule has 0 aliphatic carbocycles. The summed E-state index contributed by atoms with van der Waals surface area (Å²) in [6, 6.07) is 27.6. The maximum atomic E-state index is 5.98. The molecular formula is C20H15ClN2. The topological polar surface area (TPSA) is 24.7 Å². The largest absolute Gasteiger partial charge is 0.158 e. The average molecular weight is 319 g/mol. The first-order chi connectivity index (χ1) is 11.3. The van der Waals surface area contributed by atoms with E-state index in [-0.39, 0.29) is 0 Å². The number of benzene rings is 3. The molecule has 0 saturated carbocycles. The second-order valence-corrected chi connectivity index (χ2v) is 5.42. The van der Waals surface area contributed by atoms with Crippen molar-refractivity contribution in [2.45, 2.75) is 0 Å². The smallest absolute Gasteiger partial charge is 0.100 e. The Labute approximate surface area is 140 Å². The lowest BCUT2D eigenvalue weighted by Crippen LogP contribution is -2.02. The van der Waals surface area contributed by atoms with E-state index in [1.54, 1.807) is 6.21 Å². The van der Waals surface area contributed by atoms with Crippen LogP contribution in [0, 0.1) is 0 Å². The van der Waals surface area contributed by atoms with Gasteiger partial charge in [0, 0.05) is 16.1 Å². The average Bonchev–Trinajstić information content (AvgIpc) is 2.60. The third-order valence-electron chi connectivity index (χ3n) is 3.31. The molecule has 3 heteroatoms. The third-order valence-corrected chi connectivity index (χ3v) is 3.54. The van der Waals surface area contributed by atoms with Crippen LogP contribution in [0.15, 0.2) is 95.1 Å². The highest BCUT2D eigenvalue weighted by Gasteiger charge is 2.05. The Bertz CT molecular complexity index is 783. The maximum absolute atomic E-state index is 5.98. The summed E-state index contributed by atoms with van der Waals surface area (Å²) in [5, 5.41) is 9.36. The van der Waals surface area contributed by atoms with E-state index >= 15 is 0 Å². The van der Waals surface area contributed by atoms with Crippen molar-refractivity contribution in [1.82, 2.24) is 0 Å². The molecule has 0 radical (unpaired) electrons. The summed E-state index contributed by atoms with van der Waals surface area (Å²) >= 11 is 5.98. The fourth-order valence-electron chi connectivity index (χ4n) is 2.21. The lowest BCUT2D eigenvalue weighted by atomic mass is 10.0. The van der Waals surface area contributed by atoms with Gasteiger partial charge in [-0.15, -0.1) is 5.10 Å². The van der Waals surface area contributed by atoms with E-state index in [4.69, 9.17) is 11.6 Å². The van der Waals surface area contributed by atoms with Crippen molar-refractivity contribution in [3.05, 3.63) is 107 Å². The van der Waals surface area contributed by atoms with Gasteiger partial charge in [-0.1, -0.05) is 84.4 Å². The fraction of sp³-hybridized carbons (Fsp3) is 0. The van der Waals surface area contributed by atoms with Crippen molar-refractivity contribution in [2.24, 2.45) is 10.2 Å². The van der Waals surface area contributed by atoms with Gasteiger partial charge in [0.15, 0.2) is 0 Å². The number of hydrogen-bond acceptors (Lipinski definition) is 2. The Balaban J connectivity index is 1.95. The van der Waals surface area contributed by atoms with Crippen molar-refractivity contribution in [1.29, 1.82) is 0 Å². The van der Waals surface area contributed by atoms with E-state index in [0.29, 0.717) is 5.02 Å². The summed E-state index contributed by atoms with van der Waals surface area (Å²) in [6.45, 7) is 0. The van der Waals surface area contributed by atoms with Gasteiger partial charge in [-0.05, 0) is 17.7 Å². The molecule has 0 spiro atoms. The van der Waals surface area contributed by atoms with Gasteiger partial charge in [-0.3, -0.25) is 0 Å². The van der Waals surface area contributed by atoms with Crippen LogP contribution in [0.5, 0.6) is 0 Å². The molecule has 112 valence electrons. The summed E-state index contributed by atoms with van der Waals surface area (Å²) in [6.07, 6.45) is 1.71. The van der Waals surface area contributed by atoms with Gasteiger partial charge in [0.1, 0.15) is 5.71 Å². The van der Waals surface area contributed by atoms with Gasteiger partial charge >= 0.3 is 0 Å². The standard InChI is InChI=1S/C20H15ClN2/c21-19-13-7-8-16(14-19)15-22-23-20(17-9-3-1-4-10-17)18-11-5-2-6-12-18/h1-15H/b22-15-. The van der Waals surface area contributed by atoms with Crippen molar-refractivity contribution >= 4 is 23.5 Å². The van der Waals surface area contributed by atoms with Crippen LogP contribution in [0.3, 0.4) is 0 Å². The molecule has 3 aromatic carbocycles. The van der Waals surface area contributed by atoms with Crippen LogP contribution in [0.1, 0.15) is 16.7 Å². The molecule has 0 atom stereocenters. The second kappa shape index (κ2) is 7.52. The van der Waals surface area contributed by atoms with Crippen LogP contribution in [0.25, 0.3) is 0 Å². The molecule has 0 saturated heterocycles. The molecule has 0 aliphatic rings. The van der Waals surface area contributed by atoms with Crippen LogP contribution in [-0.4, -0.2) is 11.9 Å². The number of rotatable bonds is 4. The highest BCUT2D eigenvalue weighted by molar-refractivity contribution is 6.30. The van der Waals surface area contributed by atoms with Crippen molar-refractivity contribution in [3.63, 3.8) is 0 Å². The molecule has 0 unspecified atom stereocenters. The molecular weight excluding hydrogens is 304 g/mol. The molecule has 0 N–H and O–H groups in total. The van der Waals surface area contributed by atoms with Gasteiger partial charge in [0.2, 0.25) is 0 Å². The first-order valence-electron chi connectivity index (χ1n) is 7.30. The number of halogens is 1. The van der Waals surface area contributed by atoms with Crippen molar-refractivity contribution in [2.75, 3.05) is 0 Å². The Kier molecular flexibility index (Phi) is 4.97. The lowest BCUT2D eigenvalue weighted by Gasteiger charge is -2.05. The minimum atomic E-state index is 0.685. The van der Waals surface area contributed by atoms with E-state index < -0.39 is 0 Å². The van der Waals surface area contributed by atoms with Gasteiger partial charge < -0.3 is 0 Å². The second-order valence-electron chi connectivity index (χ2n) is 4.98. The van der Waals surface area contributed by atoms with Crippen LogP contribution in [-0.2, 0) is 0 Å². The van der Waals surface area contributed by atoms with Crippen molar-refractivity contribution < 1.29 is 0 Å². The summed E-state index contributed by atoms with van der Waals surface area (Å²) in [4.78, 5) is 0. The first kappa shape index (κ1) is 15.2. The Hall–Kier alpha value is -2.71. The predicted molar refractivity (Wildman–Crippen MR) is 97.6 cm³/mol. The molecule has 0 heterocycles. The number of hydrogen-bond donors (Lipinski definition) is 0. The highest BCUT2D eigenvalue weighted by atomic mass is 35.5. The first-order valence-corrected chi connectivity index (χ1v) is 7.68. The SMILES string of the molecule is Clc1cccc(/C=N\N=C(c2ccccc2)c2ccccc2)c1. The zero-order chi connectivity index (χ0) is 15.9. The summed E-state index contributed by atoms with van der Waals surface area (Å²) in [7, 11) is 0. The predicted octanol–water partition coefficient (Wildman–Crippen LogP) is 5.21. The molecule has 0 aliphatic heterocycles. The van der Waals surface area contributed by atoms with Crippen LogP contribution in [0.4, 0.5) is 0 Å². The minimum absolute atomic E-state index is 0.685. The van der Waals surface area contributed by atoms with E-state index in [1.165, 1.54) is 0 Å². The molecule has 0 fully saturated rings. The van der Waals surface area contributed by atoms with Crippen molar-refractivity contribution in [3.8, 4) is 0 Å². The van der Waals surface area contributed by atoms with Gasteiger partial charge in [0.25, 0.3) is 0 Å². The molecule has 0 aromatic heterocycles. The van der Waals surface area contributed by atoms with Crippen LogP contribution < -0.4 is 0 Å². The lowest BCUT2D eigenvalue weighted by molar-refractivity contribution is 1.24. The molecule has 3 aromatic rings. The quantitative estimate of drug-likeness (QED) is 0.466. The maximum Gasteiger partial charge on any atom is 0.100 e. The fourth-order valence-corrected chi connectivity index (χ4v) is 2.41. The minimum Gasteiger partial charge on any atom is -0.158 e. The van der Waals surface area contributed by atoms with Crippen LogP contribution in [0.2, 0.25) is 5.02 Å². The zero-order valence-electron chi connectivity index (χ0n) is 12.4. The molecule has 23 heavy (non-hydrogen) atoms. The van der Waals surface area contributed by atoms with E-state index in [1.807, 2.05) is 84.9 Å². The summed E-state index contributed by atoms with van der Waals surface area (Å²) in [5.74, 6) is 0. The van der Waals surface area contributed by atoms with Crippen LogP contribution >= 0.6 is 11.6 Å². The molecule has 3 rings (SSSR count).